The number of esters is 1. The highest BCUT2D eigenvalue weighted by Crippen LogP contribution is 2.44. The van der Waals surface area contributed by atoms with Gasteiger partial charge in [0.1, 0.15) is 17.9 Å². The summed E-state index contributed by atoms with van der Waals surface area (Å²) in [4.78, 5) is 35.6. The van der Waals surface area contributed by atoms with Crippen molar-refractivity contribution in [2.45, 2.75) is 19.4 Å². The summed E-state index contributed by atoms with van der Waals surface area (Å²) in [5.41, 5.74) is 4.77. The Hall–Kier alpha value is -3.37. The normalized spacial score (nSPS) is 15.5. The van der Waals surface area contributed by atoms with Gasteiger partial charge in [-0.3, -0.25) is 14.9 Å². The molecular formula is C18H15ClN2O8. The first-order valence-electron chi connectivity index (χ1n) is 8.34. The lowest BCUT2D eigenvalue weighted by Gasteiger charge is -2.27. The molecule has 0 saturated heterocycles. The zero-order chi connectivity index (χ0) is 21.3. The maximum Gasteiger partial charge on any atom is 0.340 e. The van der Waals surface area contributed by atoms with Crippen LogP contribution in [0.2, 0.25) is 5.02 Å². The van der Waals surface area contributed by atoms with Crippen LogP contribution in [0, 0.1) is 10.1 Å². The van der Waals surface area contributed by atoms with Crippen molar-refractivity contribution in [1.29, 1.82) is 0 Å². The number of hydrogen-bond acceptors (Lipinski definition) is 9. The minimum atomic E-state index is -1.23. The van der Waals surface area contributed by atoms with E-state index in [9.17, 15) is 24.8 Å². The number of nitrogens with zero attached hydrogens (tertiary/aromatic N) is 1. The Morgan fingerprint density at radius 3 is 2.76 bits per heavy atom. The quantitative estimate of drug-likeness (QED) is 0.417. The fourth-order valence-corrected chi connectivity index (χ4v) is 3.17. The summed E-state index contributed by atoms with van der Waals surface area (Å²) < 4.78 is 15.9. The first kappa shape index (κ1) is 20.4. The summed E-state index contributed by atoms with van der Waals surface area (Å²) in [5.74, 6) is -3.13. The molecule has 1 aromatic heterocycles. The summed E-state index contributed by atoms with van der Waals surface area (Å²) in [5, 5.41) is 20.7. The molecule has 0 spiro atoms. The molecule has 1 atom stereocenters. The van der Waals surface area contributed by atoms with Crippen LogP contribution in [-0.4, -0.2) is 22.6 Å². The third-order valence-electron chi connectivity index (χ3n) is 4.16. The van der Waals surface area contributed by atoms with Crippen LogP contribution in [0.5, 0.6) is 5.75 Å². The van der Waals surface area contributed by atoms with Crippen LogP contribution in [0.15, 0.2) is 44.9 Å². The predicted molar refractivity (Wildman–Crippen MR) is 99.3 cm³/mol. The van der Waals surface area contributed by atoms with Crippen molar-refractivity contribution in [3.05, 3.63) is 78.2 Å². The van der Waals surface area contributed by atoms with Crippen molar-refractivity contribution in [3.63, 3.8) is 0 Å². The number of rotatable bonds is 5. The first-order valence-corrected chi connectivity index (χ1v) is 8.72. The standard InChI is InChI=1S/C18H15ClN2O8/c1-2-27-18(24)14-13(10-5-8(21(25)26)3-4-11(10)19)16-15(29-17(14)20)12(23)6-9(7-22)28-16/h3-6,13,22H,2,7,20H2,1H3/t13-/m0/s1. The number of carbonyl (C=O) groups excluding carboxylic acids is 1. The Morgan fingerprint density at radius 2 is 2.14 bits per heavy atom. The van der Waals surface area contributed by atoms with Crippen molar-refractivity contribution in [2.75, 3.05) is 6.61 Å². The highest BCUT2D eigenvalue weighted by Gasteiger charge is 2.40. The molecule has 0 saturated carbocycles. The SMILES string of the molecule is CCOC(=O)C1=C(N)Oc2c(oc(CO)cc2=O)[C@H]1c1cc([N+](=O)[O-])ccc1Cl. The van der Waals surface area contributed by atoms with E-state index in [1.54, 1.807) is 6.92 Å². The molecule has 10 nitrogen and oxygen atoms in total. The van der Waals surface area contributed by atoms with E-state index < -0.39 is 34.7 Å². The van der Waals surface area contributed by atoms with Crippen molar-refractivity contribution in [1.82, 2.24) is 0 Å². The van der Waals surface area contributed by atoms with E-state index in [0.29, 0.717) is 0 Å². The minimum absolute atomic E-state index is 0.0124. The second kappa shape index (κ2) is 7.94. The van der Waals surface area contributed by atoms with E-state index in [2.05, 4.69) is 0 Å². The van der Waals surface area contributed by atoms with Crippen LogP contribution >= 0.6 is 11.6 Å². The predicted octanol–water partition coefficient (Wildman–Crippen LogP) is 1.95. The molecule has 1 aliphatic rings. The number of non-ortho nitro benzene ring substituents is 1. The van der Waals surface area contributed by atoms with Gasteiger partial charge in [0.25, 0.3) is 5.69 Å². The van der Waals surface area contributed by atoms with Crippen LogP contribution in [0.25, 0.3) is 0 Å². The first-order chi connectivity index (χ1) is 13.8. The fraction of sp³-hybridized carbons (Fsp3) is 0.222. The van der Waals surface area contributed by atoms with E-state index in [1.807, 2.05) is 0 Å². The molecule has 0 unspecified atom stereocenters. The number of nitro groups is 1. The number of ether oxygens (including phenoxy) is 2. The molecule has 3 rings (SSSR count). The van der Waals surface area contributed by atoms with Crippen LogP contribution in [0.1, 0.15) is 29.9 Å². The van der Waals surface area contributed by atoms with Gasteiger partial charge in [-0.25, -0.2) is 4.79 Å². The van der Waals surface area contributed by atoms with Gasteiger partial charge in [0.15, 0.2) is 5.76 Å². The number of nitrogens with two attached hydrogens (primary N) is 1. The molecule has 1 aliphatic heterocycles. The summed E-state index contributed by atoms with van der Waals surface area (Å²) in [6, 6.07) is 4.61. The molecule has 2 aromatic rings. The van der Waals surface area contributed by atoms with Gasteiger partial charge < -0.3 is 24.7 Å². The number of fused-ring (bicyclic) bond motifs is 1. The monoisotopic (exact) mass is 422 g/mol. The van der Waals surface area contributed by atoms with Gasteiger partial charge in [0, 0.05) is 23.2 Å². The summed E-state index contributed by atoms with van der Waals surface area (Å²) in [6.45, 7) is 0.982. The molecule has 152 valence electrons. The van der Waals surface area contributed by atoms with Crippen molar-refractivity contribution in [3.8, 4) is 5.75 Å². The van der Waals surface area contributed by atoms with Gasteiger partial charge in [-0.2, -0.15) is 0 Å². The van der Waals surface area contributed by atoms with Crippen molar-refractivity contribution >= 4 is 23.3 Å². The molecule has 11 heteroatoms. The molecular weight excluding hydrogens is 408 g/mol. The number of benzene rings is 1. The maximum absolute atomic E-state index is 12.6. The maximum atomic E-state index is 12.6. The number of nitro benzene ring substituents is 1. The van der Waals surface area contributed by atoms with Gasteiger partial charge in [-0.1, -0.05) is 11.6 Å². The second-order valence-corrected chi connectivity index (χ2v) is 6.33. The molecule has 0 radical (unpaired) electrons. The van der Waals surface area contributed by atoms with Gasteiger partial charge in [-0.15, -0.1) is 0 Å². The number of aliphatic hydroxyl groups excluding tert-OH is 1. The summed E-state index contributed by atoms with van der Waals surface area (Å²) in [7, 11) is 0. The Bertz CT molecular complexity index is 1090. The summed E-state index contributed by atoms with van der Waals surface area (Å²) in [6.07, 6.45) is 0. The lowest BCUT2D eigenvalue weighted by atomic mass is 9.86. The van der Waals surface area contributed by atoms with Crippen LogP contribution in [-0.2, 0) is 16.1 Å². The lowest BCUT2D eigenvalue weighted by Crippen LogP contribution is -2.30. The Labute approximate surface area is 168 Å². The average molecular weight is 423 g/mol. The van der Waals surface area contributed by atoms with Gasteiger partial charge >= 0.3 is 5.97 Å². The minimum Gasteiger partial charge on any atom is -0.462 e. The number of halogens is 1. The molecule has 0 aliphatic carbocycles. The van der Waals surface area contributed by atoms with Gasteiger partial charge in [0.05, 0.1) is 17.4 Å². The molecule has 2 heterocycles. The molecule has 29 heavy (non-hydrogen) atoms. The van der Waals surface area contributed by atoms with Crippen LogP contribution in [0.4, 0.5) is 5.69 Å². The van der Waals surface area contributed by atoms with Gasteiger partial charge in [0.2, 0.25) is 17.1 Å². The Morgan fingerprint density at radius 1 is 1.41 bits per heavy atom. The number of aliphatic hydroxyl groups is 1. The summed E-state index contributed by atoms with van der Waals surface area (Å²) >= 11 is 6.26. The van der Waals surface area contributed by atoms with Crippen molar-refractivity contribution < 1.29 is 28.7 Å². The molecule has 0 bridgehead atoms. The Kier molecular flexibility index (Phi) is 5.57. The topological polar surface area (TPSA) is 155 Å². The third kappa shape index (κ3) is 3.67. The average Bonchev–Trinajstić information content (AvgIpc) is 2.68. The number of carbonyl (C=O) groups is 1. The number of hydrogen-bond donors (Lipinski definition) is 2. The van der Waals surface area contributed by atoms with Gasteiger partial charge in [-0.05, 0) is 18.6 Å². The van der Waals surface area contributed by atoms with E-state index in [-0.39, 0.29) is 45.7 Å². The van der Waals surface area contributed by atoms with Crippen molar-refractivity contribution in [2.24, 2.45) is 5.73 Å². The molecule has 3 N–H and O–H groups in total. The van der Waals surface area contributed by atoms with E-state index in [0.717, 1.165) is 12.1 Å². The van der Waals surface area contributed by atoms with E-state index >= 15 is 0 Å². The van der Waals surface area contributed by atoms with Crippen LogP contribution < -0.4 is 15.9 Å². The van der Waals surface area contributed by atoms with E-state index in [4.69, 9.17) is 31.2 Å². The fourth-order valence-electron chi connectivity index (χ4n) is 2.95. The van der Waals surface area contributed by atoms with E-state index in [1.165, 1.54) is 12.1 Å². The second-order valence-electron chi connectivity index (χ2n) is 5.92. The smallest absolute Gasteiger partial charge is 0.340 e. The lowest BCUT2D eigenvalue weighted by molar-refractivity contribution is -0.384. The third-order valence-corrected chi connectivity index (χ3v) is 4.51. The highest BCUT2D eigenvalue weighted by atomic mass is 35.5. The molecule has 0 fully saturated rings. The zero-order valence-corrected chi connectivity index (χ0v) is 15.8. The molecule has 0 amide bonds. The van der Waals surface area contributed by atoms with Crippen LogP contribution in [0.3, 0.4) is 0 Å². The largest absolute Gasteiger partial charge is 0.462 e. The Balaban J connectivity index is 2.35. The molecule has 1 aromatic carbocycles. The highest BCUT2D eigenvalue weighted by molar-refractivity contribution is 6.31. The zero-order valence-electron chi connectivity index (χ0n) is 15.0.